The summed E-state index contributed by atoms with van der Waals surface area (Å²) in [6.45, 7) is 0. The third-order valence-electron chi connectivity index (χ3n) is 11.7. The van der Waals surface area contributed by atoms with Crippen molar-refractivity contribution in [2.45, 2.75) is 5.41 Å². The highest BCUT2D eigenvalue weighted by Gasteiger charge is 2.46. The molecule has 10 aromatic rings. The lowest BCUT2D eigenvalue weighted by molar-refractivity contribution is 0.770. The normalized spacial score (nSPS) is 14.4. The van der Waals surface area contributed by atoms with E-state index in [0.717, 1.165) is 17.1 Å². The lowest BCUT2D eigenvalue weighted by atomic mass is 9.67. The highest BCUT2D eigenvalue weighted by atomic mass is 32.1. The van der Waals surface area contributed by atoms with Crippen molar-refractivity contribution in [2.75, 3.05) is 4.90 Å². The fraction of sp³-hybridized carbons (Fsp3) is 0.0185. The number of hydrogen-bond acceptors (Lipinski definition) is 3. The molecule has 0 saturated heterocycles. The first-order chi connectivity index (χ1) is 28.3. The first-order valence-corrected chi connectivity index (χ1v) is 20.3. The van der Waals surface area contributed by atoms with Crippen molar-refractivity contribution >= 4 is 48.6 Å². The Bertz CT molecular complexity index is 2960. The van der Waals surface area contributed by atoms with E-state index in [-0.39, 0.29) is 0 Å². The van der Waals surface area contributed by atoms with Crippen molar-refractivity contribution in [1.82, 2.24) is 4.98 Å². The van der Waals surface area contributed by atoms with Crippen LogP contribution in [0.15, 0.2) is 219 Å². The Morgan fingerprint density at radius 1 is 0.386 bits per heavy atom. The molecule has 0 saturated carbocycles. The molecule has 0 amide bonds. The largest absolute Gasteiger partial charge is 0.310 e. The van der Waals surface area contributed by atoms with Crippen LogP contribution in [0.4, 0.5) is 17.1 Å². The molecule has 268 valence electrons. The monoisotopic (exact) mass is 744 g/mol. The second-order valence-electron chi connectivity index (χ2n) is 14.7. The Balaban J connectivity index is 1.14. The zero-order valence-electron chi connectivity index (χ0n) is 31.1. The average molecular weight is 745 g/mol. The van der Waals surface area contributed by atoms with Crippen LogP contribution >= 0.6 is 11.3 Å². The van der Waals surface area contributed by atoms with Crippen LogP contribution in [0.25, 0.3) is 53.6 Å². The van der Waals surface area contributed by atoms with Gasteiger partial charge in [0.1, 0.15) is 0 Å². The molecule has 0 fully saturated rings. The van der Waals surface area contributed by atoms with Gasteiger partial charge in [0.25, 0.3) is 0 Å². The summed E-state index contributed by atoms with van der Waals surface area (Å²) < 4.78 is 2.48. The molecule has 0 bridgehead atoms. The van der Waals surface area contributed by atoms with E-state index in [0.29, 0.717) is 0 Å². The van der Waals surface area contributed by atoms with Crippen LogP contribution in [-0.2, 0) is 5.41 Å². The molecule has 1 aliphatic carbocycles. The molecule has 11 rings (SSSR count). The molecular weight excluding hydrogens is 709 g/mol. The van der Waals surface area contributed by atoms with Gasteiger partial charge in [-0.25, -0.2) is 0 Å². The molecule has 0 spiro atoms. The summed E-state index contributed by atoms with van der Waals surface area (Å²) in [6, 6.07) is 75.7. The van der Waals surface area contributed by atoms with Crippen LogP contribution in [0.5, 0.6) is 0 Å². The van der Waals surface area contributed by atoms with Gasteiger partial charge in [0.2, 0.25) is 0 Å². The second-order valence-corrected chi connectivity index (χ2v) is 15.8. The van der Waals surface area contributed by atoms with E-state index in [1.54, 1.807) is 0 Å². The minimum atomic E-state index is -0.557. The van der Waals surface area contributed by atoms with Gasteiger partial charge in [0.05, 0.1) is 10.1 Å². The molecule has 0 N–H and O–H groups in total. The van der Waals surface area contributed by atoms with E-state index in [4.69, 9.17) is 0 Å². The van der Waals surface area contributed by atoms with Gasteiger partial charge in [-0.2, -0.15) is 0 Å². The molecule has 1 unspecified atom stereocenters. The van der Waals surface area contributed by atoms with Gasteiger partial charge in [-0.3, -0.25) is 4.98 Å². The van der Waals surface area contributed by atoms with Crippen molar-refractivity contribution in [2.24, 2.45) is 0 Å². The van der Waals surface area contributed by atoms with E-state index in [9.17, 15) is 0 Å². The quantitative estimate of drug-likeness (QED) is 0.162. The topological polar surface area (TPSA) is 16.1 Å². The molecule has 1 atom stereocenters. The summed E-state index contributed by atoms with van der Waals surface area (Å²) in [5.41, 5.74) is 15.2. The number of pyridine rings is 1. The molecule has 57 heavy (non-hydrogen) atoms. The van der Waals surface area contributed by atoms with Crippen molar-refractivity contribution < 1.29 is 0 Å². The number of benzene rings is 8. The van der Waals surface area contributed by atoms with E-state index in [1.807, 2.05) is 23.7 Å². The predicted molar refractivity (Wildman–Crippen MR) is 240 cm³/mol. The van der Waals surface area contributed by atoms with Gasteiger partial charge in [-0.1, -0.05) is 152 Å². The molecule has 2 aromatic heterocycles. The summed E-state index contributed by atoms with van der Waals surface area (Å²) in [5.74, 6) is 0. The summed E-state index contributed by atoms with van der Waals surface area (Å²) in [7, 11) is 0. The summed E-state index contributed by atoms with van der Waals surface area (Å²) in [5, 5.41) is 2.52. The van der Waals surface area contributed by atoms with Crippen molar-refractivity contribution in [3.63, 3.8) is 0 Å². The van der Waals surface area contributed by atoms with Crippen LogP contribution in [0.3, 0.4) is 0 Å². The first-order valence-electron chi connectivity index (χ1n) is 19.4. The number of hydrogen-bond donors (Lipinski definition) is 0. The summed E-state index contributed by atoms with van der Waals surface area (Å²) in [4.78, 5) is 6.86. The zero-order chi connectivity index (χ0) is 37.8. The Morgan fingerprint density at radius 3 is 1.61 bits per heavy atom. The molecular formula is C54H36N2S. The number of thiophene rings is 1. The van der Waals surface area contributed by atoms with E-state index >= 15 is 0 Å². The third-order valence-corrected chi connectivity index (χ3v) is 12.8. The van der Waals surface area contributed by atoms with E-state index in [1.165, 1.54) is 75.8 Å². The fourth-order valence-corrected chi connectivity index (χ4v) is 10.1. The van der Waals surface area contributed by atoms with Gasteiger partial charge in [0, 0.05) is 44.9 Å². The second kappa shape index (κ2) is 13.6. The predicted octanol–water partition coefficient (Wildman–Crippen LogP) is 14.6. The molecule has 3 heteroatoms. The Kier molecular flexibility index (Phi) is 7.94. The van der Waals surface area contributed by atoms with Gasteiger partial charge < -0.3 is 4.90 Å². The third kappa shape index (κ3) is 5.43. The lowest BCUT2D eigenvalue weighted by Crippen LogP contribution is -2.28. The zero-order valence-corrected chi connectivity index (χ0v) is 31.9. The van der Waals surface area contributed by atoms with Crippen molar-refractivity contribution in [3.05, 3.63) is 241 Å². The molecule has 1 aliphatic rings. The Morgan fingerprint density at radius 2 is 0.947 bits per heavy atom. The van der Waals surface area contributed by atoms with Crippen molar-refractivity contribution in [1.29, 1.82) is 0 Å². The van der Waals surface area contributed by atoms with Crippen LogP contribution < -0.4 is 4.90 Å². The minimum absolute atomic E-state index is 0.557. The molecule has 0 radical (unpaired) electrons. The van der Waals surface area contributed by atoms with Gasteiger partial charge in [-0.05, 0) is 110 Å². The smallest absolute Gasteiger partial charge is 0.0714 e. The standard InChI is InChI=1S/C54H36N2S/c1-4-12-37(13-5-1)39-20-25-43(26-21-39)56(44-27-22-40(23-28-44)38-14-6-2-7-15-38)45-29-30-47-46-18-10-11-19-50(46)54(51(47)35-45,41-16-8-3-9-17-41)42-24-31-52-49(34-42)48-32-33-55-36-53(48)57-52/h1-36H. The van der Waals surface area contributed by atoms with Crippen LogP contribution in [-0.4, -0.2) is 4.98 Å². The number of anilines is 3. The van der Waals surface area contributed by atoms with Gasteiger partial charge >= 0.3 is 0 Å². The first kappa shape index (κ1) is 33.3. The van der Waals surface area contributed by atoms with E-state index in [2.05, 4.69) is 216 Å². The number of nitrogens with zero attached hydrogens (tertiary/aromatic N) is 2. The molecule has 2 heterocycles. The number of aromatic nitrogens is 1. The van der Waals surface area contributed by atoms with Gasteiger partial charge in [-0.15, -0.1) is 11.3 Å². The fourth-order valence-electron chi connectivity index (χ4n) is 9.06. The highest BCUT2D eigenvalue weighted by molar-refractivity contribution is 7.25. The highest BCUT2D eigenvalue weighted by Crippen LogP contribution is 2.58. The molecule has 0 aliphatic heterocycles. The number of rotatable bonds is 7. The maximum atomic E-state index is 4.45. The number of fused-ring (bicyclic) bond motifs is 6. The summed E-state index contributed by atoms with van der Waals surface area (Å²) in [6.07, 6.45) is 3.90. The SMILES string of the molecule is c1ccc(-c2ccc(N(c3ccc(-c4ccccc4)cc3)c3ccc4c(c3)C(c3ccccc3)(c3ccc5sc6cnccc6c5c3)c3ccccc3-4)cc2)cc1. The molecule has 8 aromatic carbocycles. The maximum Gasteiger partial charge on any atom is 0.0714 e. The Hall–Kier alpha value is -7.07. The average Bonchev–Trinajstić information content (AvgIpc) is 3.81. The lowest BCUT2D eigenvalue weighted by Gasteiger charge is -2.35. The maximum absolute atomic E-state index is 4.45. The van der Waals surface area contributed by atoms with Crippen LogP contribution in [0.1, 0.15) is 22.3 Å². The summed E-state index contributed by atoms with van der Waals surface area (Å²) >= 11 is 1.81. The van der Waals surface area contributed by atoms with Gasteiger partial charge in [0.15, 0.2) is 0 Å². The van der Waals surface area contributed by atoms with Crippen LogP contribution in [0.2, 0.25) is 0 Å². The molecule has 2 nitrogen and oxygen atoms in total. The minimum Gasteiger partial charge on any atom is -0.310 e. The Labute approximate surface area is 336 Å². The van der Waals surface area contributed by atoms with Crippen molar-refractivity contribution in [3.8, 4) is 33.4 Å². The van der Waals surface area contributed by atoms with Crippen LogP contribution in [0, 0.1) is 0 Å². The van der Waals surface area contributed by atoms with E-state index < -0.39 is 5.41 Å².